The van der Waals surface area contributed by atoms with Crippen molar-refractivity contribution in [2.75, 3.05) is 5.32 Å². The predicted molar refractivity (Wildman–Crippen MR) is 131 cm³/mol. The molecule has 6 nitrogen and oxygen atoms in total. The van der Waals surface area contributed by atoms with E-state index < -0.39 is 11.7 Å². The highest BCUT2D eigenvalue weighted by Gasteiger charge is 2.41. The van der Waals surface area contributed by atoms with E-state index in [1.807, 2.05) is 24.3 Å². The zero-order chi connectivity index (χ0) is 24.4. The third kappa shape index (κ3) is 5.10. The first kappa shape index (κ1) is 23.2. The summed E-state index contributed by atoms with van der Waals surface area (Å²) >= 11 is 0. The number of pyridine rings is 1. The average molecular weight is 474 g/mol. The Morgan fingerprint density at radius 2 is 2.00 bits per heavy atom. The predicted octanol–water partition coefficient (Wildman–Crippen LogP) is 4.87. The maximum atomic E-state index is 13.9. The van der Waals surface area contributed by atoms with Crippen LogP contribution in [0.5, 0.6) is 0 Å². The number of aromatic nitrogens is 1. The van der Waals surface area contributed by atoms with Gasteiger partial charge in [-0.1, -0.05) is 30.3 Å². The van der Waals surface area contributed by atoms with E-state index in [0.717, 1.165) is 47.2 Å². The molecule has 0 aliphatic heterocycles. The molecule has 3 N–H and O–H groups in total. The van der Waals surface area contributed by atoms with E-state index in [4.69, 9.17) is 10.5 Å². The SMILES string of the molecule is NCc1ccc(C(=O)Nc2ccncc2F)cc1-c1cccc(CC(=O)OC2CC3CCC2C3)c1. The summed E-state index contributed by atoms with van der Waals surface area (Å²) in [6.45, 7) is 0.284. The Labute approximate surface area is 203 Å². The molecule has 2 aliphatic rings. The fourth-order valence-electron chi connectivity index (χ4n) is 5.39. The lowest BCUT2D eigenvalue weighted by Crippen LogP contribution is -2.24. The molecule has 3 atom stereocenters. The van der Waals surface area contributed by atoms with E-state index in [-0.39, 0.29) is 30.7 Å². The first-order valence-corrected chi connectivity index (χ1v) is 12.0. The first-order valence-electron chi connectivity index (χ1n) is 12.0. The van der Waals surface area contributed by atoms with Crippen LogP contribution in [0.25, 0.3) is 11.1 Å². The number of amides is 1. The molecular formula is C28H28FN3O3. The Bertz CT molecular complexity index is 1260. The van der Waals surface area contributed by atoms with Crippen molar-refractivity contribution in [2.24, 2.45) is 17.6 Å². The number of hydrogen-bond donors (Lipinski definition) is 2. The number of carbonyl (C=O) groups excluding carboxylic acids is 2. The number of fused-ring (bicyclic) bond motifs is 2. The number of rotatable bonds is 7. The highest BCUT2D eigenvalue weighted by molar-refractivity contribution is 6.05. The third-order valence-corrected chi connectivity index (χ3v) is 7.16. The molecule has 5 rings (SSSR count). The van der Waals surface area contributed by atoms with Crippen molar-refractivity contribution in [1.82, 2.24) is 4.98 Å². The fraction of sp³-hybridized carbons (Fsp3) is 0.321. The molecule has 2 aromatic carbocycles. The van der Waals surface area contributed by atoms with Crippen LogP contribution in [-0.4, -0.2) is 23.0 Å². The Hall–Kier alpha value is -3.58. The van der Waals surface area contributed by atoms with Crippen LogP contribution in [0.3, 0.4) is 0 Å². The maximum Gasteiger partial charge on any atom is 0.310 e. The summed E-state index contributed by atoms with van der Waals surface area (Å²) in [6, 6.07) is 14.2. The van der Waals surface area contributed by atoms with Crippen molar-refractivity contribution < 1.29 is 18.7 Å². The number of halogens is 1. The minimum absolute atomic E-state index is 0.0606. The van der Waals surface area contributed by atoms with Gasteiger partial charge in [-0.15, -0.1) is 0 Å². The lowest BCUT2D eigenvalue weighted by atomic mass is 9.95. The monoisotopic (exact) mass is 473 g/mol. The molecule has 35 heavy (non-hydrogen) atoms. The topological polar surface area (TPSA) is 94.3 Å². The van der Waals surface area contributed by atoms with Crippen LogP contribution in [0, 0.1) is 17.7 Å². The Balaban J connectivity index is 1.33. The van der Waals surface area contributed by atoms with Crippen LogP contribution >= 0.6 is 0 Å². The van der Waals surface area contributed by atoms with Crippen molar-refractivity contribution in [2.45, 2.75) is 44.8 Å². The first-order chi connectivity index (χ1) is 17.0. The van der Waals surface area contributed by atoms with Crippen LogP contribution < -0.4 is 11.1 Å². The van der Waals surface area contributed by atoms with Gasteiger partial charge in [0.1, 0.15) is 6.10 Å². The second kappa shape index (κ2) is 9.96. The normalized spacial score (nSPS) is 20.6. The molecule has 2 fully saturated rings. The zero-order valence-corrected chi connectivity index (χ0v) is 19.4. The molecule has 2 aliphatic carbocycles. The van der Waals surface area contributed by atoms with Gasteiger partial charge in [-0.05, 0) is 78.0 Å². The van der Waals surface area contributed by atoms with Gasteiger partial charge in [0.15, 0.2) is 5.82 Å². The fourth-order valence-corrected chi connectivity index (χ4v) is 5.39. The quantitative estimate of drug-likeness (QED) is 0.478. The number of nitrogens with zero attached hydrogens (tertiary/aromatic N) is 1. The Morgan fingerprint density at radius 3 is 2.74 bits per heavy atom. The summed E-state index contributed by atoms with van der Waals surface area (Å²) in [5.41, 5.74) is 9.73. The molecule has 0 saturated heterocycles. The molecule has 1 amide bonds. The number of esters is 1. The lowest BCUT2D eigenvalue weighted by Gasteiger charge is -2.22. The van der Waals surface area contributed by atoms with Gasteiger partial charge in [0.05, 0.1) is 18.3 Å². The Kier molecular flexibility index (Phi) is 6.59. The van der Waals surface area contributed by atoms with Gasteiger partial charge in [-0.25, -0.2) is 4.39 Å². The van der Waals surface area contributed by atoms with Gasteiger partial charge >= 0.3 is 5.97 Å². The minimum Gasteiger partial charge on any atom is -0.462 e. The molecule has 180 valence electrons. The third-order valence-electron chi connectivity index (χ3n) is 7.16. The molecular weight excluding hydrogens is 445 g/mol. The number of ether oxygens (including phenoxy) is 1. The van der Waals surface area contributed by atoms with Crippen molar-refractivity contribution in [3.63, 3.8) is 0 Å². The zero-order valence-electron chi connectivity index (χ0n) is 19.4. The van der Waals surface area contributed by atoms with Gasteiger partial charge in [-0.2, -0.15) is 0 Å². The number of benzene rings is 2. The summed E-state index contributed by atoms with van der Waals surface area (Å²) in [7, 11) is 0. The molecule has 1 aromatic heterocycles. The largest absolute Gasteiger partial charge is 0.462 e. The van der Waals surface area contributed by atoms with Crippen molar-refractivity contribution in [3.05, 3.63) is 83.4 Å². The maximum absolute atomic E-state index is 13.9. The van der Waals surface area contributed by atoms with E-state index in [1.54, 1.807) is 18.2 Å². The second-order valence-electron chi connectivity index (χ2n) is 9.47. The molecule has 7 heteroatoms. The van der Waals surface area contributed by atoms with Crippen molar-refractivity contribution in [1.29, 1.82) is 0 Å². The van der Waals surface area contributed by atoms with E-state index >= 15 is 0 Å². The Morgan fingerprint density at radius 1 is 1.11 bits per heavy atom. The standard InChI is InChI=1S/C28H28FN3O3/c29-24-16-31-9-8-25(24)32-28(34)21-6-7-22(15-30)23(14-21)19-3-1-2-17(10-19)13-27(33)35-26-12-18-4-5-20(26)11-18/h1-3,6-10,14,16,18,20,26H,4-5,11-13,15,30H2,(H,31,32,34). The highest BCUT2D eigenvalue weighted by atomic mass is 19.1. The van der Waals surface area contributed by atoms with E-state index in [1.165, 1.54) is 25.1 Å². The van der Waals surface area contributed by atoms with Crippen LogP contribution in [0.1, 0.15) is 47.2 Å². The van der Waals surface area contributed by atoms with E-state index in [2.05, 4.69) is 10.3 Å². The number of nitrogens with two attached hydrogens (primary N) is 1. The summed E-state index contributed by atoms with van der Waals surface area (Å²) in [5.74, 6) is -0.00584. The van der Waals surface area contributed by atoms with Crippen molar-refractivity contribution in [3.8, 4) is 11.1 Å². The second-order valence-corrected chi connectivity index (χ2v) is 9.47. The van der Waals surface area contributed by atoms with Gasteiger partial charge in [0.25, 0.3) is 5.91 Å². The molecule has 3 unspecified atom stereocenters. The number of hydrogen-bond acceptors (Lipinski definition) is 5. The molecule has 1 heterocycles. The molecule has 3 aromatic rings. The van der Waals surface area contributed by atoms with Crippen LogP contribution in [0.2, 0.25) is 0 Å². The molecule has 0 radical (unpaired) electrons. The van der Waals surface area contributed by atoms with Gasteiger partial charge in [0.2, 0.25) is 0 Å². The van der Waals surface area contributed by atoms with Crippen LogP contribution in [0.15, 0.2) is 60.9 Å². The average Bonchev–Trinajstić information content (AvgIpc) is 3.48. The molecule has 0 spiro atoms. The smallest absolute Gasteiger partial charge is 0.310 e. The number of anilines is 1. The lowest BCUT2D eigenvalue weighted by molar-refractivity contribution is -0.150. The van der Waals surface area contributed by atoms with Gasteiger partial charge < -0.3 is 15.8 Å². The summed E-state index contributed by atoms with van der Waals surface area (Å²) < 4.78 is 19.7. The van der Waals surface area contributed by atoms with Crippen LogP contribution in [-0.2, 0) is 22.5 Å². The summed E-state index contributed by atoms with van der Waals surface area (Å²) in [6.07, 6.45) is 7.33. The summed E-state index contributed by atoms with van der Waals surface area (Å²) in [4.78, 5) is 29.1. The minimum atomic E-state index is -0.607. The van der Waals surface area contributed by atoms with E-state index in [9.17, 15) is 14.0 Å². The number of nitrogens with one attached hydrogen (secondary N) is 1. The van der Waals surface area contributed by atoms with E-state index in [0.29, 0.717) is 11.5 Å². The van der Waals surface area contributed by atoms with Gasteiger partial charge in [-0.3, -0.25) is 14.6 Å². The van der Waals surface area contributed by atoms with Crippen molar-refractivity contribution >= 4 is 17.6 Å². The summed E-state index contributed by atoms with van der Waals surface area (Å²) in [5, 5.41) is 2.58. The van der Waals surface area contributed by atoms with Crippen LogP contribution in [0.4, 0.5) is 10.1 Å². The molecule has 2 saturated carbocycles. The highest BCUT2D eigenvalue weighted by Crippen LogP contribution is 2.46. The van der Waals surface area contributed by atoms with Gasteiger partial charge in [0, 0.05) is 18.3 Å². The number of carbonyl (C=O) groups is 2. The molecule has 2 bridgehead atoms.